The largest absolute Gasteiger partial charge is 0.508 e. The molecule has 5 aromatic rings. The first-order valence-electron chi connectivity index (χ1n) is 10.8. The maximum Gasteiger partial charge on any atom is 0.138 e. The molecule has 0 saturated carbocycles. The number of phenols is 1. The Bertz CT molecular complexity index is 1470. The normalized spacial score (nSPS) is 11.9. The van der Waals surface area contributed by atoms with Crippen LogP contribution in [0.3, 0.4) is 0 Å². The first-order chi connectivity index (χ1) is 16.7. The summed E-state index contributed by atoms with van der Waals surface area (Å²) in [6.45, 7) is 0. The molecule has 2 N–H and O–H groups in total. The third-order valence-corrected chi connectivity index (χ3v) is 5.42. The standard InChI is InChI=1S/C28H22N4O2/c1-34-24-14-7-19(8-15-24)18-29-32-27(20-5-3-2-4-6-20)22-11-16-25-26(17-22)31-28(30-25)21-9-12-23(33)13-10-21/h2-18,33H,1H3,(H,30,31)/b29-18+,32-27-. The number of aromatic nitrogens is 2. The molecule has 6 nitrogen and oxygen atoms in total. The molecule has 1 aromatic heterocycles. The highest BCUT2D eigenvalue weighted by atomic mass is 16.5. The minimum Gasteiger partial charge on any atom is -0.508 e. The van der Waals surface area contributed by atoms with E-state index in [1.165, 1.54) is 0 Å². The van der Waals surface area contributed by atoms with Crippen molar-refractivity contribution in [3.8, 4) is 22.9 Å². The van der Waals surface area contributed by atoms with Crippen molar-refractivity contribution in [3.63, 3.8) is 0 Å². The van der Waals surface area contributed by atoms with Crippen LogP contribution < -0.4 is 4.74 Å². The van der Waals surface area contributed by atoms with Crippen LogP contribution in [0.4, 0.5) is 0 Å². The van der Waals surface area contributed by atoms with E-state index in [0.29, 0.717) is 0 Å². The van der Waals surface area contributed by atoms with Crippen molar-refractivity contribution in [2.75, 3.05) is 7.11 Å². The van der Waals surface area contributed by atoms with Crippen molar-refractivity contribution in [3.05, 3.63) is 114 Å². The van der Waals surface area contributed by atoms with E-state index in [9.17, 15) is 5.11 Å². The Kier molecular flexibility index (Phi) is 5.86. The lowest BCUT2D eigenvalue weighted by molar-refractivity contribution is 0.415. The van der Waals surface area contributed by atoms with Crippen LogP contribution in [0.25, 0.3) is 22.4 Å². The highest BCUT2D eigenvalue weighted by Gasteiger charge is 2.11. The van der Waals surface area contributed by atoms with Gasteiger partial charge in [0.05, 0.1) is 24.4 Å². The number of H-pyrrole nitrogens is 1. The van der Waals surface area contributed by atoms with Gasteiger partial charge < -0.3 is 14.8 Å². The third kappa shape index (κ3) is 4.56. The van der Waals surface area contributed by atoms with Crippen LogP contribution in [-0.2, 0) is 0 Å². The molecule has 0 unspecified atom stereocenters. The third-order valence-electron chi connectivity index (χ3n) is 5.42. The quantitative estimate of drug-likeness (QED) is 0.255. The lowest BCUT2D eigenvalue weighted by atomic mass is 10.0. The number of methoxy groups -OCH3 is 1. The van der Waals surface area contributed by atoms with E-state index in [1.807, 2.05) is 84.9 Å². The number of aromatic amines is 1. The fourth-order valence-electron chi connectivity index (χ4n) is 3.63. The van der Waals surface area contributed by atoms with E-state index < -0.39 is 0 Å². The van der Waals surface area contributed by atoms with Gasteiger partial charge in [0.25, 0.3) is 0 Å². The molecular formula is C28H22N4O2. The van der Waals surface area contributed by atoms with Gasteiger partial charge in [-0.2, -0.15) is 5.10 Å². The van der Waals surface area contributed by atoms with Crippen molar-refractivity contribution in [1.82, 2.24) is 9.97 Å². The summed E-state index contributed by atoms with van der Waals surface area (Å²) in [6.07, 6.45) is 1.72. The van der Waals surface area contributed by atoms with Gasteiger partial charge in [0.1, 0.15) is 23.0 Å². The molecule has 6 heteroatoms. The summed E-state index contributed by atoms with van der Waals surface area (Å²) < 4.78 is 5.21. The Labute approximate surface area is 196 Å². The van der Waals surface area contributed by atoms with Gasteiger partial charge in [-0.05, 0) is 66.2 Å². The van der Waals surface area contributed by atoms with Crippen LogP contribution in [0.5, 0.6) is 11.5 Å². The number of aromatic hydroxyl groups is 1. The SMILES string of the molecule is COc1ccc(/C=N/N=C(/c2ccccc2)c2ccc3nc(-c4ccc(O)cc4)[nH]c3c2)cc1. The molecule has 0 aliphatic heterocycles. The number of fused-ring (bicyclic) bond motifs is 1. The smallest absolute Gasteiger partial charge is 0.138 e. The summed E-state index contributed by atoms with van der Waals surface area (Å²) in [5.74, 6) is 1.76. The van der Waals surface area contributed by atoms with Crippen molar-refractivity contribution < 1.29 is 9.84 Å². The van der Waals surface area contributed by atoms with Crippen molar-refractivity contribution >= 4 is 23.0 Å². The summed E-state index contributed by atoms with van der Waals surface area (Å²) in [7, 11) is 1.64. The van der Waals surface area contributed by atoms with E-state index in [2.05, 4.69) is 20.2 Å². The van der Waals surface area contributed by atoms with Gasteiger partial charge in [0.2, 0.25) is 0 Å². The second-order valence-corrected chi connectivity index (χ2v) is 7.70. The van der Waals surface area contributed by atoms with Crippen molar-refractivity contribution in [2.45, 2.75) is 0 Å². The molecule has 0 amide bonds. The zero-order valence-electron chi connectivity index (χ0n) is 18.5. The number of phenolic OH excluding ortho intramolecular Hbond substituents is 1. The minimum absolute atomic E-state index is 0.223. The molecule has 0 aliphatic carbocycles. The number of nitrogens with zero attached hydrogens (tertiary/aromatic N) is 3. The van der Waals surface area contributed by atoms with Crippen LogP contribution in [0.1, 0.15) is 16.7 Å². The van der Waals surface area contributed by atoms with E-state index in [0.717, 1.165) is 50.6 Å². The molecule has 0 bridgehead atoms. The number of benzene rings is 4. The number of imidazole rings is 1. The maximum atomic E-state index is 9.56. The van der Waals surface area contributed by atoms with Gasteiger partial charge in [-0.25, -0.2) is 4.98 Å². The molecule has 0 saturated heterocycles. The highest BCUT2D eigenvalue weighted by Crippen LogP contribution is 2.24. The second kappa shape index (κ2) is 9.42. The second-order valence-electron chi connectivity index (χ2n) is 7.70. The molecule has 4 aromatic carbocycles. The van der Waals surface area contributed by atoms with Crippen LogP contribution in [-0.4, -0.2) is 34.1 Å². The average Bonchev–Trinajstić information content (AvgIpc) is 3.31. The Morgan fingerprint density at radius 1 is 0.882 bits per heavy atom. The lowest BCUT2D eigenvalue weighted by Crippen LogP contribution is -2.02. The van der Waals surface area contributed by atoms with Crippen LogP contribution in [0.2, 0.25) is 0 Å². The van der Waals surface area contributed by atoms with Gasteiger partial charge in [-0.3, -0.25) is 0 Å². The molecule has 5 rings (SSSR count). The molecule has 0 radical (unpaired) electrons. The summed E-state index contributed by atoms with van der Waals surface area (Å²) in [4.78, 5) is 8.06. The zero-order valence-corrected chi connectivity index (χ0v) is 18.5. The first kappa shape index (κ1) is 21.2. The molecule has 0 atom stereocenters. The number of rotatable bonds is 6. The minimum atomic E-state index is 0.223. The number of hydrogen-bond acceptors (Lipinski definition) is 5. The van der Waals surface area contributed by atoms with E-state index in [4.69, 9.17) is 4.74 Å². The molecule has 0 fully saturated rings. The molecule has 1 heterocycles. The first-order valence-corrected chi connectivity index (χ1v) is 10.8. The van der Waals surface area contributed by atoms with Gasteiger partial charge in [-0.1, -0.05) is 36.4 Å². The Balaban J connectivity index is 1.51. The Hall–Kier alpha value is -4.71. The highest BCUT2D eigenvalue weighted by molar-refractivity contribution is 6.14. The predicted molar refractivity (Wildman–Crippen MR) is 136 cm³/mol. The van der Waals surface area contributed by atoms with Crippen LogP contribution in [0, 0.1) is 0 Å². The summed E-state index contributed by atoms with van der Waals surface area (Å²) in [5, 5.41) is 18.5. The molecular weight excluding hydrogens is 424 g/mol. The summed E-state index contributed by atoms with van der Waals surface area (Å²) in [6, 6.07) is 30.6. The van der Waals surface area contributed by atoms with E-state index in [-0.39, 0.29) is 5.75 Å². The lowest BCUT2D eigenvalue weighted by Gasteiger charge is -2.05. The zero-order chi connectivity index (χ0) is 23.3. The van der Waals surface area contributed by atoms with Gasteiger partial charge in [-0.15, -0.1) is 5.10 Å². The van der Waals surface area contributed by atoms with E-state index in [1.54, 1.807) is 25.5 Å². The van der Waals surface area contributed by atoms with Gasteiger partial charge in [0.15, 0.2) is 0 Å². The molecule has 0 spiro atoms. The van der Waals surface area contributed by atoms with Crippen molar-refractivity contribution in [1.29, 1.82) is 0 Å². The van der Waals surface area contributed by atoms with Gasteiger partial charge >= 0.3 is 0 Å². The number of hydrogen-bond donors (Lipinski definition) is 2. The fourth-order valence-corrected chi connectivity index (χ4v) is 3.63. The van der Waals surface area contributed by atoms with Crippen molar-refractivity contribution in [2.24, 2.45) is 10.2 Å². The topological polar surface area (TPSA) is 82.9 Å². The molecule has 0 aliphatic rings. The maximum absolute atomic E-state index is 9.56. The van der Waals surface area contributed by atoms with Crippen LogP contribution in [0.15, 0.2) is 107 Å². The number of ether oxygens (including phenoxy) is 1. The average molecular weight is 447 g/mol. The summed E-state index contributed by atoms with van der Waals surface area (Å²) >= 11 is 0. The van der Waals surface area contributed by atoms with Crippen LogP contribution >= 0.6 is 0 Å². The number of nitrogens with one attached hydrogen (secondary N) is 1. The molecule has 166 valence electrons. The van der Waals surface area contributed by atoms with Gasteiger partial charge in [0, 0.05) is 16.7 Å². The predicted octanol–water partition coefficient (Wildman–Crippen LogP) is 5.82. The Morgan fingerprint density at radius 2 is 1.65 bits per heavy atom. The van der Waals surface area contributed by atoms with E-state index >= 15 is 0 Å². The fraction of sp³-hybridized carbons (Fsp3) is 0.0357. The Morgan fingerprint density at radius 3 is 2.38 bits per heavy atom. The molecule has 34 heavy (non-hydrogen) atoms. The summed E-state index contributed by atoms with van der Waals surface area (Å²) in [5.41, 5.74) is 6.21. The monoisotopic (exact) mass is 446 g/mol.